The Morgan fingerprint density at radius 1 is 1.31 bits per heavy atom. The number of nitrogens with one attached hydrogen (secondary N) is 1. The lowest BCUT2D eigenvalue weighted by Crippen LogP contribution is -2.24. The van der Waals surface area contributed by atoms with Gasteiger partial charge in [-0.2, -0.15) is 13.2 Å². The van der Waals surface area contributed by atoms with E-state index < -0.39 is 11.7 Å². The van der Waals surface area contributed by atoms with E-state index in [0.717, 1.165) is 6.08 Å². The highest BCUT2D eigenvalue weighted by Gasteiger charge is 2.33. The number of rotatable bonds is 0. The second-order valence-corrected chi connectivity index (χ2v) is 2.44. The van der Waals surface area contributed by atoms with Gasteiger partial charge in [-0.3, -0.25) is 0 Å². The molecule has 4 heteroatoms. The summed E-state index contributed by atoms with van der Waals surface area (Å²) >= 11 is 0. The Hall–Kier alpha value is -0.930. The maximum Gasteiger partial charge on any atom is 0.414 e. The molecule has 0 aromatic heterocycles. The number of hydrogen-bond donors (Lipinski definition) is 1. The monoisotopic (exact) mass is 193 g/mol. The van der Waals surface area contributed by atoms with E-state index in [9.17, 15) is 13.2 Å². The summed E-state index contributed by atoms with van der Waals surface area (Å²) < 4.78 is 35.9. The molecule has 1 heterocycles. The van der Waals surface area contributed by atoms with Crippen LogP contribution in [0.15, 0.2) is 23.4 Å². The Kier molecular flexibility index (Phi) is 4.59. The first kappa shape index (κ1) is 12.1. The molecule has 0 saturated heterocycles. The summed E-state index contributed by atoms with van der Waals surface area (Å²) in [5.41, 5.74) is 0.0843. The molecule has 1 N–H and O–H groups in total. The maximum absolute atomic E-state index is 12.0. The quantitative estimate of drug-likeness (QED) is 0.623. The fourth-order valence-corrected chi connectivity index (χ4v) is 0.872. The molecule has 1 aliphatic rings. The van der Waals surface area contributed by atoms with Crippen LogP contribution in [0.3, 0.4) is 0 Å². The Morgan fingerprint density at radius 2 is 1.85 bits per heavy atom. The molecule has 0 bridgehead atoms. The molecule has 0 aliphatic carbocycles. The van der Waals surface area contributed by atoms with Gasteiger partial charge in [-0.05, 0) is 24.8 Å². The zero-order valence-corrected chi connectivity index (χ0v) is 8.00. The minimum atomic E-state index is -4.19. The van der Waals surface area contributed by atoms with E-state index in [1.807, 2.05) is 13.8 Å². The van der Waals surface area contributed by atoms with Crippen LogP contribution in [-0.4, -0.2) is 12.7 Å². The fourth-order valence-electron chi connectivity index (χ4n) is 0.872. The molecule has 13 heavy (non-hydrogen) atoms. The lowest BCUT2D eigenvalue weighted by atomic mass is 10.1. The highest BCUT2D eigenvalue weighted by Crippen LogP contribution is 2.27. The number of halogens is 3. The van der Waals surface area contributed by atoms with Crippen molar-refractivity contribution in [1.29, 1.82) is 0 Å². The third kappa shape index (κ3) is 4.01. The summed E-state index contributed by atoms with van der Waals surface area (Å²) in [5.74, 6) is 0. The van der Waals surface area contributed by atoms with Gasteiger partial charge in [-0.1, -0.05) is 13.8 Å². The molecular weight excluding hydrogens is 179 g/mol. The van der Waals surface area contributed by atoms with E-state index in [4.69, 9.17) is 0 Å². The lowest BCUT2D eigenvalue weighted by molar-refractivity contribution is -0.0929. The molecule has 0 radical (unpaired) electrons. The van der Waals surface area contributed by atoms with Gasteiger partial charge in [0.25, 0.3) is 0 Å². The van der Waals surface area contributed by atoms with Crippen LogP contribution < -0.4 is 5.32 Å². The summed E-state index contributed by atoms with van der Waals surface area (Å²) in [4.78, 5) is 0. The number of allylic oxidation sites excluding steroid dienone is 2. The van der Waals surface area contributed by atoms with Gasteiger partial charge in [0.15, 0.2) is 0 Å². The third-order valence-electron chi connectivity index (χ3n) is 1.39. The highest BCUT2D eigenvalue weighted by atomic mass is 19.4. The van der Waals surface area contributed by atoms with Crippen LogP contribution in [0.25, 0.3) is 0 Å². The van der Waals surface area contributed by atoms with Crippen molar-refractivity contribution >= 4 is 0 Å². The number of alkyl halides is 3. The highest BCUT2D eigenvalue weighted by molar-refractivity contribution is 5.28. The average molecular weight is 193 g/mol. The van der Waals surface area contributed by atoms with E-state index in [-0.39, 0.29) is 6.54 Å². The van der Waals surface area contributed by atoms with Crippen molar-refractivity contribution in [3.8, 4) is 0 Å². The SMILES string of the molecule is CC.CC1=CNCC(C(F)(F)F)=C1. The molecular formula is C9H14F3N. The third-order valence-corrected chi connectivity index (χ3v) is 1.39. The van der Waals surface area contributed by atoms with Crippen LogP contribution in [0.5, 0.6) is 0 Å². The first-order valence-corrected chi connectivity index (χ1v) is 4.18. The Balaban J connectivity index is 0.000000671. The van der Waals surface area contributed by atoms with Crippen molar-refractivity contribution in [3.05, 3.63) is 23.4 Å². The molecule has 0 fully saturated rings. The molecule has 0 aromatic rings. The normalized spacial score (nSPS) is 16.2. The van der Waals surface area contributed by atoms with Gasteiger partial charge in [0, 0.05) is 6.54 Å². The standard InChI is InChI=1S/C7H8F3N.C2H6/c1-5-2-6(4-11-3-5)7(8,9)10;1-2/h2-3,11H,4H2,1H3;1-2H3. The van der Waals surface area contributed by atoms with Crippen LogP contribution in [-0.2, 0) is 0 Å². The van der Waals surface area contributed by atoms with Gasteiger partial charge in [0.1, 0.15) is 0 Å². The molecule has 0 aromatic carbocycles. The van der Waals surface area contributed by atoms with Gasteiger partial charge in [0.05, 0.1) is 5.57 Å². The van der Waals surface area contributed by atoms with E-state index in [2.05, 4.69) is 5.32 Å². The summed E-state index contributed by atoms with van der Waals surface area (Å²) in [6.45, 7) is 5.50. The van der Waals surface area contributed by atoms with Crippen molar-refractivity contribution in [2.75, 3.05) is 6.54 Å². The van der Waals surface area contributed by atoms with E-state index in [1.54, 1.807) is 13.1 Å². The second kappa shape index (κ2) is 4.94. The molecule has 0 atom stereocenters. The topological polar surface area (TPSA) is 12.0 Å². The predicted octanol–water partition coefficient (Wildman–Crippen LogP) is 3.01. The van der Waals surface area contributed by atoms with Gasteiger partial charge < -0.3 is 5.32 Å². The fraction of sp³-hybridized carbons (Fsp3) is 0.556. The largest absolute Gasteiger partial charge is 0.414 e. The second-order valence-electron chi connectivity index (χ2n) is 2.44. The average Bonchev–Trinajstić information content (AvgIpc) is 2.06. The van der Waals surface area contributed by atoms with Gasteiger partial charge in [0.2, 0.25) is 0 Å². The molecule has 0 amide bonds. The molecule has 76 valence electrons. The molecule has 0 spiro atoms. The van der Waals surface area contributed by atoms with E-state index in [0.29, 0.717) is 5.57 Å². The molecule has 0 unspecified atom stereocenters. The minimum Gasteiger partial charge on any atom is -0.387 e. The molecule has 1 nitrogen and oxygen atoms in total. The van der Waals surface area contributed by atoms with Crippen LogP contribution in [0.4, 0.5) is 13.2 Å². The Bertz CT molecular complexity index is 213. The van der Waals surface area contributed by atoms with Gasteiger partial charge in [-0.25, -0.2) is 0 Å². The first-order chi connectivity index (χ1) is 6.00. The molecule has 1 aliphatic heterocycles. The summed E-state index contributed by atoms with van der Waals surface area (Å²) in [7, 11) is 0. The smallest absolute Gasteiger partial charge is 0.387 e. The Morgan fingerprint density at radius 3 is 2.15 bits per heavy atom. The molecule has 0 saturated carbocycles. The number of dihydropyridines is 1. The summed E-state index contributed by atoms with van der Waals surface area (Å²) in [5, 5.41) is 2.54. The zero-order chi connectivity index (χ0) is 10.5. The van der Waals surface area contributed by atoms with Crippen molar-refractivity contribution in [2.24, 2.45) is 0 Å². The summed E-state index contributed by atoms with van der Waals surface area (Å²) in [6, 6.07) is 0. The van der Waals surface area contributed by atoms with Crippen molar-refractivity contribution < 1.29 is 13.2 Å². The predicted molar refractivity (Wildman–Crippen MR) is 47.2 cm³/mol. The van der Waals surface area contributed by atoms with Crippen molar-refractivity contribution in [1.82, 2.24) is 5.32 Å². The Labute approximate surface area is 76.3 Å². The van der Waals surface area contributed by atoms with E-state index >= 15 is 0 Å². The van der Waals surface area contributed by atoms with Crippen molar-refractivity contribution in [2.45, 2.75) is 26.9 Å². The van der Waals surface area contributed by atoms with Crippen LogP contribution in [0.1, 0.15) is 20.8 Å². The molecule has 1 rings (SSSR count). The summed E-state index contributed by atoms with van der Waals surface area (Å²) in [6.07, 6.45) is -1.48. The maximum atomic E-state index is 12.0. The lowest BCUT2D eigenvalue weighted by Gasteiger charge is -2.15. The van der Waals surface area contributed by atoms with Gasteiger partial charge >= 0.3 is 6.18 Å². The first-order valence-electron chi connectivity index (χ1n) is 4.18. The van der Waals surface area contributed by atoms with Crippen LogP contribution >= 0.6 is 0 Å². The van der Waals surface area contributed by atoms with Crippen molar-refractivity contribution in [3.63, 3.8) is 0 Å². The van der Waals surface area contributed by atoms with Gasteiger partial charge in [-0.15, -0.1) is 0 Å². The number of hydrogen-bond acceptors (Lipinski definition) is 1. The zero-order valence-electron chi connectivity index (χ0n) is 8.00. The van der Waals surface area contributed by atoms with E-state index in [1.165, 1.54) is 0 Å². The van der Waals surface area contributed by atoms with Crippen LogP contribution in [0.2, 0.25) is 0 Å². The van der Waals surface area contributed by atoms with Crippen LogP contribution in [0, 0.1) is 0 Å². The minimum absolute atomic E-state index is 0.124.